The molecule has 4 aromatic rings. The lowest BCUT2D eigenvalue weighted by Crippen LogP contribution is -2.49. The third-order valence-electron chi connectivity index (χ3n) is 9.14. The summed E-state index contributed by atoms with van der Waals surface area (Å²) in [7, 11) is 0. The SMILES string of the molecule is Cc1ccc(NC(=O)c2cccc(N3C(=O)[C@H]4C5c6ccccc6C(c6ccccc65)[C@]4(C)C3=O)c2)cc1C. The number of benzene rings is 4. The van der Waals surface area contributed by atoms with Crippen LogP contribution in [0.1, 0.15) is 62.5 Å². The predicted molar refractivity (Wildman–Crippen MR) is 151 cm³/mol. The van der Waals surface area contributed by atoms with E-state index >= 15 is 0 Å². The molecule has 8 rings (SSSR count). The number of carbonyl (C=O) groups is 3. The Balaban J connectivity index is 1.28. The van der Waals surface area contributed by atoms with E-state index in [1.807, 2.05) is 63.2 Å². The summed E-state index contributed by atoms with van der Waals surface area (Å²) in [6.07, 6.45) is 0. The van der Waals surface area contributed by atoms with Crippen molar-refractivity contribution in [3.05, 3.63) is 130 Å². The summed E-state index contributed by atoms with van der Waals surface area (Å²) >= 11 is 0. The third-order valence-corrected chi connectivity index (χ3v) is 9.14. The summed E-state index contributed by atoms with van der Waals surface area (Å²) in [5.74, 6) is -1.60. The molecule has 4 aliphatic rings. The van der Waals surface area contributed by atoms with Gasteiger partial charge in [-0.15, -0.1) is 0 Å². The van der Waals surface area contributed by atoms with Gasteiger partial charge in [-0.2, -0.15) is 0 Å². The van der Waals surface area contributed by atoms with Gasteiger partial charge in [0.15, 0.2) is 0 Å². The Bertz CT molecular complexity index is 1680. The van der Waals surface area contributed by atoms with Crippen molar-refractivity contribution in [3.63, 3.8) is 0 Å². The summed E-state index contributed by atoms with van der Waals surface area (Å²) in [6.45, 7) is 5.98. The maximum atomic E-state index is 14.3. The molecule has 1 aliphatic heterocycles. The number of anilines is 2. The maximum absolute atomic E-state index is 14.3. The lowest BCUT2D eigenvalue weighted by molar-refractivity contribution is -0.128. The molecule has 3 amide bonds. The monoisotopic (exact) mass is 512 g/mol. The number of hydrogen-bond acceptors (Lipinski definition) is 3. The van der Waals surface area contributed by atoms with Crippen LogP contribution in [0.25, 0.3) is 0 Å². The number of rotatable bonds is 3. The number of imide groups is 1. The van der Waals surface area contributed by atoms with Crippen LogP contribution in [-0.4, -0.2) is 17.7 Å². The van der Waals surface area contributed by atoms with Crippen molar-refractivity contribution in [2.75, 3.05) is 10.2 Å². The lowest BCUT2D eigenvalue weighted by atomic mass is 9.48. The minimum absolute atomic E-state index is 0.190. The van der Waals surface area contributed by atoms with Gasteiger partial charge < -0.3 is 5.32 Å². The van der Waals surface area contributed by atoms with E-state index in [9.17, 15) is 14.4 Å². The molecule has 2 atom stereocenters. The molecule has 1 saturated heterocycles. The molecule has 1 fully saturated rings. The van der Waals surface area contributed by atoms with Gasteiger partial charge in [0, 0.05) is 23.1 Å². The van der Waals surface area contributed by atoms with Crippen molar-refractivity contribution in [2.24, 2.45) is 11.3 Å². The lowest BCUT2D eigenvalue weighted by Gasteiger charge is -2.51. The molecule has 192 valence electrons. The van der Waals surface area contributed by atoms with Gasteiger partial charge in [-0.1, -0.05) is 60.7 Å². The molecule has 1 N–H and O–H groups in total. The Labute approximate surface area is 227 Å². The molecule has 1 heterocycles. The van der Waals surface area contributed by atoms with E-state index in [-0.39, 0.29) is 29.6 Å². The van der Waals surface area contributed by atoms with Crippen LogP contribution in [0.3, 0.4) is 0 Å². The number of carbonyl (C=O) groups excluding carboxylic acids is 3. The summed E-state index contributed by atoms with van der Waals surface area (Å²) < 4.78 is 0. The first-order valence-corrected chi connectivity index (χ1v) is 13.4. The van der Waals surface area contributed by atoms with Crippen molar-refractivity contribution in [2.45, 2.75) is 32.6 Å². The van der Waals surface area contributed by atoms with Crippen LogP contribution in [0.4, 0.5) is 11.4 Å². The fraction of sp³-hybridized carbons (Fsp3) is 0.206. The Morgan fingerprint density at radius 1 is 0.769 bits per heavy atom. The van der Waals surface area contributed by atoms with Crippen LogP contribution in [0.5, 0.6) is 0 Å². The molecule has 2 bridgehead atoms. The molecule has 5 nitrogen and oxygen atoms in total. The summed E-state index contributed by atoms with van der Waals surface area (Å²) in [6, 6.07) is 29.0. The zero-order valence-corrected chi connectivity index (χ0v) is 22.1. The number of nitrogens with zero attached hydrogens (tertiary/aromatic N) is 1. The zero-order valence-electron chi connectivity index (χ0n) is 22.1. The van der Waals surface area contributed by atoms with E-state index in [1.54, 1.807) is 24.3 Å². The van der Waals surface area contributed by atoms with Crippen LogP contribution in [0.2, 0.25) is 0 Å². The van der Waals surface area contributed by atoms with Crippen molar-refractivity contribution in [1.82, 2.24) is 0 Å². The van der Waals surface area contributed by atoms with E-state index < -0.39 is 11.3 Å². The number of nitrogens with one attached hydrogen (secondary N) is 1. The Kier molecular flexibility index (Phi) is 4.99. The van der Waals surface area contributed by atoms with Gasteiger partial charge >= 0.3 is 0 Å². The van der Waals surface area contributed by atoms with Gasteiger partial charge in [0.25, 0.3) is 5.91 Å². The molecule has 3 aliphatic carbocycles. The second-order valence-corrected chi connectivity index (χ2v) is 11.2. The standard InChI is InChI=1S/C34H28N2O3/c1-19-15-16-22(17-20(19)2)35-31(37)21-9-8-10-23(18-21)36-32(38)30-28-24-11-4-6-13-26(24)29(34(30,3)33(36)39)27-14-7-5-12-25(27)28/h4-18,28-30H,1-3H3,(H,35,37)/t28?,29?,30-,34+/m1/s1. The Morgan fingerprint density at radius 2 is 1.41 bits per heavy atom. The van der Waals surface area contributed by atoms with Gasteiger partial charge in [-0.3, -0.25) is 14.4 Å². The van der Waals surface area contributed by atoms with Crippen LogP contribution >= 0.6 is 0 Å². The highest BCUT2D eigenvalue weighted by Gasteiger charge is 2.68. The number of hydrogen-bond donors (Lipinski definition) is 1. The van der Waals surface area contributed by atoms with Crippen molar-refractivity contribution < 1.29 is 14.4 Å². The van der Waals surface area contributed by atoms with E-state index in [0.29, 0.717) is 16.9 Å². The Hall–Kier alpha value is -4.51. The summed E-state index contributed by atoms with van der Waals surface area (Å²) in [5.41, 5.74) is 7.36. The highest BCUT2D eigenvalue weighted by molar-refractivity contribution is 6.25. The summed E-state index contributed by atoms with van der Waals surface area (Å²) in [5, 5.41) is 2.94. The zero-order chi connectivity index (χ0) is 27.1. The highest BCUT2D eigenvalue weighted by atomic mass is 16.2. The number of amides is 3. The Morgan fingerprint density at radius 3 is 2.05 bits per heavy atom. The fourth-order valence-electron chi connectivity index (χ4n) is 7.17. The van der Waals surface area contributed by atoms with E-state index in [2.05, 4.69) is 29.6 Å². The van der Waals surface area contributed by atoms with Crippen LogP contribution < -0.4 is 10.2 Å². The average Bonchev–Trinajstić information content (AvgIpc) is 3.16. The molecule has 0 aromatic heterocycles. The molecule has 0 saturated carbocycles. The van der Waals surface area contributed by atoms with E-state index in [4.69, 9.17) is 0 Å². The second-order valence-electron chi connectivity index (χ2n) is 11.2. The first-order valence-electron chi connectivity index (χ1n) is 13.4. The van der Waals surface area contributed by atoms with Gasteiger partial charge in [0.2, 0.25) is 11.8 Å². The molecule has 4 aromatic carbocycles. The topological polar surface area (TPSA) is 66.5 Å². The second kappa shape index (κ2) is 8.24. The quantitative estimate of drug-likeness (QED) is 0.326. The largest absolute Gasteiger partial charge is 0.322 e. The molecular formula is C34H28N2O3. The molecule has 0 spiro atoms. The predicted octanol–water partition coefficient (Wildman–Crippen LogP) is 6.34. The van der Waals surface area contributed by atoms with Gasteiger partial charge in [0.1, 0.15) is 0 Å². The first kappa shape index (κ1) is 23.6. The van der Waals surface area contributed by atoms with Crippen molar-refractivity contribution in [3.8, 4) is 0 Å². The van der Waals surface area contributed by atoms with Crippen LogP contribution in [0, 0.1) is 25.2 Å². The minimum atomic E-state index is -0.915. The molecule has 0 radical (unpaired) electrons. The van der Waals surface area contributed by atoms with Crippen LogP contribution in [-0.2, 0) is 9.59 Å². The first-order chi connectivity index (χ1) is 18.8. The van der Waals surface area contributed by atoms with E-state index in [1.165, 1.54) is 4.90 Å². The van der Waals surface area contributed by atoms with Gasteiger partial charge in [-0.05, 0) is 84.5 Å². The highest BCUT2D eigenvalue weighted by Crippen LogP contribution is 2.67. The molecule has 5 heteroatoms. The fourth-order valence-corrected chi connectivity index (χ4v) is 7.17. The average molecular weight is 513 g/mol. The smallest absolute Gasteiger partial charge is 0.255 e. The van der Waals surface area contributed by atoms with Crippen LogP contribution in [0.15, 0.2) is 91.0 Å². The minimum Gasteiger partial charge on any atom is -0.322 e. The molecule has 39 heavy (non-hydrogen) atoms. The van der Waals surface area contributed by atoms with Crippen molar-refractivity contribution >= 4 is 29.1 Å². The normalized spacial score (nSPS) is 24.3. The number of aryl methyl sites for hydroxylation is 2. The maximum Gasteiger partial charge on any atom is 0.255 e. The van der Waals surface area contributed by atoms with Gasteiger partial charge in [-0.25, -0.2) is 4.90 Å². The van der Waals surface area contributed by atoms with Crippen molar-refractivity contribution in [1.29, 1.82) is 0 Å². The molecule has 0 unspecified atom stereocenters. The summed E-state index contributed by atoms with van der Waals surface area (Å²) in [4.78, 5) is 43.0. The van der Waals surface area contributed by atoms with E-state index in [0.717, 1.165) is 33.4 Å². The molecular weight excluding hydrogens is 484 g/mol. The third kappa shape index (κ3) is 3.16. The van der Waals surface area contributed by atoms with Gasteiger partial charge in [0.05, 0.1) is 17.0 Å².